The summed E-state index contributed by atoms with van der Waals surface area (Å²) in [5.74, 6) is -1.60. The van der Waals surface area contributed by atoms with E-state index in [-0.39, 0.29) is 6.61 Å². The van der Waals surface area contributed by atoms with Crippen molar-refractivity contribution in [3.63, 3.8) is 0 Å². The number of carboxylic acid groups (broad SMARTS) is 1. The van der Waals surface area contributed by atoms with Crippen LogP contribution >= 0.6 is 0 Å². The summed E-state index contributed by atoms with van der Waals surface area (Å²) in [5, 5.41) is 19.3. The lowest BCUT2D eigenvalue weighted by atomic mass is 10.3. The van der Waals surface area contributed by atoms with Crippen LogP contribution in [-0.4, -0.2) is 34.7 Å². The first-order valence-corrected chi connectivity index (χ1v) is 3.55. The summed E-state index contributed by atoms with van der Waals surface area (Å²) in [6.45, 7) is 2.85. The molecule has 0 aromatic heterocycles. The number of aliphatic hydroxyl groups is 1. The fourth-order valence-corrected chi connectivity index (χ4v) is 0.595. The van der Waals surface area contributed by atoms with E-state index in [1.165, 1.54) is 6.08 Å². The van der Waals surface area contributed by atoms with Gasteiger partial charge in [0.05, 0.1) is 12.6 Å². The number of hydrogen-bond donors (Lipinski definition) is 3. The average molecular weight is 185 g/mol. The van der Waals surface area contributed by atoms with Crippen molar-refractivity contribution in [1.82, 2.24) is 5.32 Å². The summed E-state index contributed by atoms with van der Waals surface area (Å²) in [5.41, 5.74) is 0. The third-order valence-corrected chi connectivity index (χ3v) is 1.18. The Labute approximate surface area is 75.4 Å². The number of nitrogens with one attached hydrogen (secondary N) is 1. The van der Waals surface area contributed by atoms with E-state index in [0.717, 1.165) is 12.2 Å². The molecule has 1 atom stereocenters. The molecule has 0 bridgehead atoms. The van der Waals surface area contributed by atoms with Crippen LogP contribution in [0.1, 0.15) is 0 Å². The van der Waals surface area contributed by atoms with E-state index in [1.54, 1.807) is 0 Å². The molecule has 0 aliphatic heterocycles. The second-order valence-electron chi connectivity index (χ2n) is 2.20. The van der Waals surface area contributed by atoms with Crippen LogP contribution in [0.4, 0.5) is 0 Å². The second-order valence-corrected chi connectivity index (χ2v) is 2.20. The van der Waals surface area contributed by atoms with E-state index in [4.69, 9.17) is 10.2 Å². The van der Waals surface area contributed by atoms with Gasteiger partial charge in [-0.2, -0.15) is 0 Å². The molecule has 0 spiro atoms. The molecule has 0 aromatic carbocycles. The van der Waals surface area contributed by atoms with Gasteiger partial charge in [-0.25, -0.2) is 4.79 Å². The summed E-state index contributed by atoms with van der Waals surface area (Å²) < 4.78 is 0. The zero-order valence-electron chi connectivity index (χ0n) is 6.93. The molecule has 5 nitrogen and oxygen atoms in total. The van der Waals surface area contributed by atoms with Gasteiger partial charge < -0.3 is 15.5 Å². The first-order valence-electron chi connectivity index (χ1n) is 3.55. The highest BCUT2D eigenvalue weighted by molar-refractivity contribution is 5.87. The van der Waals surface area contributed by atoms with Crippen molar-refractivity contribution in [3.8, 4) is 0 Å². The maximum Gasteiger partial charge on any atom is 0.328 e. The molecule has 1 amide bonds. The van der Waals surface area contributed by atoms with Crippen LogP contribution in [0.2, 0.25) is 0 Å². The third kappa shape index (κ3) is 5.63. The van der Waals surface area contributed by atoms with Crippen LogP contribution in [0.3, 0.4) is 0 Å². The topological polar surface area (TPSA) is 86.6 Å². The monoisotopic (exact) mass is 185 g/mol. The molecule has 0 saturated heterocycles. The maximum atomic E-state index is 10.7. The summed E-state index contributed by atoms with van der Waals surface area (Å²) >= 11 is 0. The van der Waals surface area contributed by atoms with Crippen LogP contribution in [0.25, 0.3) is 0 Å². The molecule has 0 aliphatic carbocycles. The largest absolute Gasteiger partial charge is 0.478 e. The first kappa shape index (κ1) is 11.4. The van der Waals surface area contributed by atoms with Gasteiger partial charge in [0.2, 0.25) is 5.91 Å². The molecule has 13 heavy (non-hydrogen) atoms. The van der Waals surface area contributed by atoms with Crippen LogP contribution in [0.15, 0.2) is 24.8 Å². The van der Waals surface area contributed by atoms with Crippen LogP contribution in [0, 0.1) is 0 Å². The standard InChI is InChI=1S/C8H11NO4/c1-2-7(11)9-6(5-10)3-4-8(12)13/h2-4,6,10H,1,5H2,(H,9,11)(H,12,13). The molecule has 0 aliphatic rings. The quantitative estimate of drug-likeness (QED) is 0.494. The van der Waals surface area contributed by atoms with Crippen molar-refractivity contribution in [2.45, 2.75) is 6.04 Å². The molecular formula is C8H11NO4. The van der Waals surface area contributed by atoms with Crippen molar-refractivity contribution >= 4 is 11.9 Å². The van der Waals surface area contributed by atoms with E-state index < -0.39 is 17.9 Å². The van der Waals surface area contributed by atoms with E-state index in [9.17, 15) is 9.59 Å². The number of carbonyl (C=O) groups excluding carboxylic acids is 1. The normalized spacial score (nSPS) is 12.4. The average Bonchev–Trinajstić information content (AvgIpc) is 2.11. The third-order valence-electron chi connectivity index (χ3n) is 1.18. The zero-order valence-corrected chi connectivity index (χ0v) is 6.93. The van der Waals surface area contributed by atoms with E-state index in [1.807, 2.05) is 0 Å². The Morgan fingerprint density at radius 2 is 2.15 bits per heavy atom. The highest BCUT2D eigenvalue weighted by atomic mass is 16.4. The zero-order chi connectivity index (χ0) is 10.3. The highest BCUT2D eigenvalue weighted by Crippen LogP contribution is 1.86. The van der Waals surface area contributed by atoms with Gasteiger partial charge in [0, 0.05) is 6.08 Å². The minimum Gasteiger partial charge on any atom is -0.478 e. The number of hydrogen-bond acceptors (Lipinski definition) is 3. The molecule has 0 fully saturated rings. The number of aliphatic hydroxyl groups excluding tert-OH is 1. The lowest BCUT2D eigenvalue weighted by Crippen LogP contribution is -2.34. The lowest BCUT2D eigenvalue weighted by molar-refractivity contribution is -0.131. The van der Waals surface area contributed by atoms with Crippen molar-refractivity contribution in [2.24, 2.45) is 0 Å². The number of carbonyl (C=O) groups is 2. The van der Waals surface area contributed by atoms with Gasteiger partial charge in [-0.1, -0.05) is 12.7 Å². The predicted molar refractivity (Wildman–Crippen MR) is 46.0 cm³/mol. The second kappa shape index (κ2) is 5.96. The number of rotatable bonds is 5. The van der Waals surface area contributed by atoms with Gasteiger partial charge in [-0.3, -0.25) is 4.79 Å². The Bertz CT molecular complexity index is 234. The van der Waals surface area contributed by atoms with Crippen LogP contribution in [-0.2, 0) is 9.59 Å². The smallest absolute Gasteiger partial charge is 0.328 e. The van der Waals surface area contributed by atoms with Crippen LogP contribution in [0.5, 0.6) is 0 Å². The molecule has 0 radical (unpaired) electrons. The molecule has 3 N–H and O–H groups in total. The fraction of sp³-hybridized carbons (Fsp3) is 0.250. The molecule has 0 aromatic rings. The molecular weight excluding hydrogens is 174 g/mol. The molecule has 0 saturated carbocycles. The predicted octanol–water partition coefficient (Wildman–Crippen LogP) is -0.710. The number of aliphatic carboxylic acids is 1. The Kier molecular flexibility index (Phi) is 5.22. The fourth-order valence-electron chi connectivity index (χ4n) is 0.595. The summed E-state index contributed by atoms with van der Waals surface area (Å²) in [7, 11) is 0. The Balaban J connectivity index is 4.10. The first-order chi connectivity index (χ1) is 6.10. The van der Waals surface area contributed by atoms with Crippen molar-refractivity contribution in [2.75, 3.05) is 6.61 Å². The SMILES string of the molecule is C=CC(=O)NC(C=CC(=O)O)CO. The summed E-state index contributed by atoms with van der Waals surface area (Å²) in [6.07, 6.45) is 3.07. The Morgan fingerprint density at radius 1 is 1.54 bits per heavy atom. The number of amides is 1. The van der Waals surface area contributed by atoms with Gasteiger partial charge in [-0.15, -0.1) is 0 Å². The summed E-state index contributed by atoms with van der Waals surface area (Å²) in [4.78, 5) is 20.8. The van der Waals surface area contributed by atoms with Gasteiger partial charge >= 0.3 is 5.97 Å². The number of carboxylic acids is 1. The van der Waals surface area contributed by atoms with Crippen LogP contribution < -0.4 is 5.32 Å². The molecule has 1 unspecified atom stereocenters. The van der Waals surface area contributed by atoms with E-state index in [0.29, 0.717) is 0 Å². The molecule has 0 rings (SSSR count). The van der Waals surface area contributed by atoms with E-state index >= 15 is 0 Å². The molecule has 0 heterocycles. The minimum absolute atomic E-state index is 0.358. The lowest BCUT2D eigenvalue weighted by Gasteiger charge is -2.09. The summed E-state index contributed by atoms with van der Waals surface area (Å²) in [6, 6.07) is -0.693. The highest BCUT2D eigenvalue weighted by Gasteiger charge is 2.04. The molecule has 5 heteroatoms. The maximum absolute atomic E-state index is 10.7. The minimum atomic E-state index is -1.13. The van der Waals surface area contributed by atoms with E-state index in [2.05, 4.69) is 11.9 Å². The van der Waals surface area contributed by atoms with Gasteiger partial charge in [0.1, 0.15) is 0 Å². The van der Waals surface area contributed by atoms with Gasteiger partial charge in [-0.05, 0) is 6.08 Å². The van der Waals surface area contributed by atoms with Gasteiger partial charge in [0.15, 0.2) is 0 Å². The van der Waals surface area contributed by atoms with Crippen molar-refractivity contribution in [3.05, 3.63) is 24.8 Å². The molecule has 72 valence electrons. The van der Waals surface area contributed by atoms with Gasteiger partial charge in [0.25, 0.3) is 0 Å². The Morgan fingerprint density at radius 3 is 2.54 bits per heavy atom. The van der Waals surface area contributed by atoms with Crippen molar-refractivity contribution in [1.29, 1.82) is 0 Å². The van der Waals surface area contributed by atoms with Crippen molar-refractivity contribution < 1.29 is 19.8 Å². The Hall–Kier alpha value is -1.62.